The summed E-state index contributed by atoms with van der Waals surface area (Å²) in [6.07, 6.45) is 2.46. The van der Waals surface area contributed by atoms with Crippen LogP contribution in [0, 0.1) is 0 Å². The standard InChI is InChI=1S/C18H27N3S/c1-4-13(2)20-9-8-17-15(12-20)14-6-5-7-16(19-3)18(14)21(17)10-11-22/h5-7,11,13,15,17,19H,4,8-10,12H2,1-3H3. The van der Waals surface area contributed by atoms with Gasteiger partial charge < -0.3 is 10.2 Å². The second-order valence-corrected chi connectivity index (χ2v) is 6.86. The Morgan fingerprint density at radius 3 is 2.95 bits per heavy atom. The molecule has 4 heteroatoms. The van der Waals surface area contributed by atoms with Crippen LogP contribution in [0.15, 0.2) is 18.2 Å². The van der Waals surface area contributed by atoms with Crippen molar-refractivity contribution in [1.82, 2.24) is 4.90 Å². The summed E-state index contributed by atoms with van der Waals surface area (Å²) in [7, 11) is 2.01. The van der Waals surface area contributed by atoms with Gasteiger partial charge in [0, 0.05) is 44.7 Å². The average molecular weight is 318 g/mol. The largest absolute Gasteiger partial charge is 0.386 e. The summed E-state index contributed by atoms with van der Waals surface area (Å²) < 4.78 is 0. The highest BCUT2D eigenvalue weighted by atomic mass is 32.1. The number of nitrogens with one attached hydrogen (secondary N) is 1. The smallest absolute Gasteiger partial charge is 0.0644 e. The van der Waals surface area contributed by atoms with Gasteiger partial charge >= 0.3 is 0 Å². The summed E-state index contributed by atoms with van der Waals surface area (Å²) in [5.41, 5.74) is 4.12. The summed E-state index contributed by atoms with van der Waals surface area (Å²) in [6, 6.07) is 7.96. The molecule has 0 saturated carbocycles. The van der Waals surface area contributed by atoms with Crippen molar-refractivity contribution in [3.05, 3.63) is 23.8 Å². The van der Waals surface area contributed by atoms with Crippen molar-refractivity contribution < 1.29 is 0 Å². The molecule has 0 radical (unpaired) electrons. The van der Waals surface area contributed by atoms with Crippen molar-refractivity contribution >= 4 is 29.0 Å². The van der Waals surface area contributed by atoms with Crippen molar-refractivity contribution in [3.8, 4) is 0 Å². The summed E-state index contributed by atoms with van der Waals surface area (Å²) in [5.74, 6) is 0.612. The Balaban J connectivity index is 1.96. The summed E-state index contributed by atoms with van der Waals surface area (Å²) in [5, 5.41) is 5.24. The highest BCUT2D eigenvalue weighted by Gasteiger charge is 2.42. The first-order chi connectivity index (χ1) is 10.7. The van der Waals surface area contributed by atoms with Crippen LogP contribution in [0.1, 0.15) is 38.2 Å². The lowest BCUT2D eigenvalue weighted by molar-refractivity contribution is 0.145. The average Bonchev–Trinajstić information content (AvgIpc) is 2.88. The molecule has 0 aromatic heterocycles. The maximum atomic E-state index is 5.18. The molecule has 0 spiro atoms. The molecule has 1 saturated heterocycles. The van der Waals surface area contributed by atoms with Crippen molar-refractivity contribution in [1.29, 1.82) is 0 Å². The first-order valence-electron chi connectivity index (χ1n) is 8.46. The molecular weight excluding hydrogens is 290 g/mol. The number of rotatable bonds is 5. The van der Waals surface area contributed by atoms with Gasteiger partial charge in [0.05, 0.1) is 11.4 Å². The van der Waals surface area contributed by atoms with E-state index in [9.17, 15) is 0 Å². The van der Waals surface area contributed by atoms with Crippen LogP contribution < -0.4 is 10.2 Å². The molecule has 2 aliphatic rings. The first-order valence-corrected chi connectivity index (χ1v) is 8.93. The molecule has 22 heavy (non-hydrogen) atoms. The van der Waals surface area contributed by atoms with Crippen LogP contribution in [0.25, 0.3) is 0 Å². The third kappa shape index (κ3) is 2.52. The summed E-state index contributed by atoms with van der Waals surface area (Å²) >= 11 is 5.18. The van der Waals surface area contributed by atoms with Gasteiger partial charge in [0.25, 0.3) is 0 Å². The fourth-order valence-electron chi connectivity index (χ4n) is 4.16. The number of hydrogen-bond donors (Lipinski definition) is 1. The number of anilines is 2. The van der Waals surface area contributed by atoms with Crippen LogP contribution in [-0.4, -0.2) is 49.0 Å². The lowest BCUT2D eigenvalue weighted by Crippen LogP contribution is -2.49. The quantitative estimate of drug-likeness (QED) is 0.837. The molecule has 3 unspecified atom stereocenters. The number of piperidine rings is 1. The van der Waals surface area contributed by atoms with Gasteiger partial charge in [-0.2, -0.15) is 0 Å². The second kappa shape index (κ2) is 6.55. The van der Waals surface area contributed by atoms with E-state index in [0.29, 0.717) is 18.0 Å². The molecule has 3 nitrogen and oxygen atoms in total. The van der Waals surface area contributed by atoms with Crippen LogP contribution in [0.2, 0.25) is 0 Å². The molecule has 120 valence electrons. The summed E-state index contributed by atoms with van der Waals surface area (Å²) in [6.45, 7) is 7.89. The monoisotopic (exact) mass is 317 g/mol. The maximum Gasteiger partial charge on any atom is 0.0644 e. The number of nitrogens with zero attached hydrogens (tertiary/aromatic N) is 2. The number of likely N-dealkylation sites (tertiary alicyclic amines) is 1. The van der Waals surface area contributed by atoms with Gasteiger partial charge in [-0.05, 0) is 36.8 Å². The number of benzene rings is 1. The van der Waals surface area contributed by atoms with Gasteiger partial charge in [-0.25, -0.2) is 0 Å². The molecule has 2 aliphatic heterocycles. The predicted molar refractivity (Wildman–Crippen MR) is 99.5 cm³/mol. The molecule has 1 aromatic rings. The van der Waals surface area contributed by atoms with Crippen molar-refractivity contribution in [2.45, 2.75) is 44.7 Å². The van der Waals surface area contributed by atoms with Gasteiger partial charge in [0.1, 0.15) is 0 Å². The number of para-hydroxylation sites is 1. The summed E-state index contributed by atoms with van der Waals surface area (Å²) in [4.78, 5) is 5.20. The molecule has 0 aliphatic carbocycles. The molecular formula is C18H27N3S. The van der Waals surface area contributed by atoms with Gasteiger partial charge in [0.2, 0.25) is 0 Å². The van der Waals surface area contributed by atoms with Crippen molar-refractivity contribution in [2.75, 3.05) is 36.9 Å². The van der Waals surface area contributed by atoms with E-state index in [1.54, 1.807) is 0 Å². The van der Waals surface area contributed by atoms with E-state index in [1.807, 2.05) is 12.4 Å². The minimum absolute atomic E-state index is 0.601. The highest BCUT2D eigenvalue weighted by molar-refractivity contribution is 7.79. The van der Waals surface area contributed by atoms with Crippen LogP contribution in [0.4, 0.5) is 11.4 Å². The number of hydrogen-bond acceptors (Lipinski definition) is 4. The number of thiocarbonyl (C=S) groups is 1. The fraction of sp³-hybridized carbons (Fsp3) is 0.611. The van der Waals surface area contributed by atoms with Crippen molar-refractivity contribution in [2.24, 2.45) is 0 Å². The van der Waals surface area contributed by atoms with E-state index in [2.05, 4.69) is 47.2 Å². The van der Waals surface area contributed by atoms with E-state index in [0.717, 1.165) is 6.54 Å². The zero-order valence-corrected chi connectivity index (χ0v) is 14.7. The van der Waals surface area contributed by atoms with Crippen LogP contribution in [-0.2, 0) is 0 Å². The SMILES string of the molecule is CCC(C)N1CCC2C(C1)c1cccc(NC)c1N2CC=S. The van der Waals surface area contributed by atoms with Gasteiger partial charge in [-0.3, -0.25) is 4.90 Å². The fourth-order valence-corrected chi connectivity index (χ4v) is 4.32. The first kappa shape index (κ1) is 15.8. The minimum atomic E-state index is 0.601. The molecule has 1 fully saturated rings. The Morgan fingerprint density at radius 2 is 2.27 bits per heavy atom. The van der Waals surface area contributed by atoms with E-state index in [-0.39, 0.29) is 0 Å². The lowest BCUT2D eigenvalue weighted by atomic mass is 9.88. The Hall–Kier alpha value is -1.13. The third-order valence-electron chi connectivity index (χ3n) is 5.52. The van der Waals surface area contributed by atoms with Crippen LogP contribution in [0.3, 0.4) is 0 Å². The van der Waals surface area contributed by atoms with E-state index in [4.69, 9.17) is 12.2 Å². The Kier molecular flexibility index (Phi) is 4.69. The second-order valence-electron chi connectivity index (χ2n) is 6.53. The zero-order valence-electron chi connectivity index (χ0n) is 13.9. The Labute approximate surface area is 139 Å². The number of fused-ring (bicyclic) bond motifs is 3. The molecule has 0 amide bonds. The lowest BCUT2D eigenvalue weighted by Gasteiger charge is -2.41. The van der Waals surface area contributed by atoms with Crippen molar-refractivity contribution in [3.63, 3.8) is 0 Å². The normalized spacial score (nSPS) is 25.5. The zero-order chi connectivity index (χ0) is 15.7. The van der Waals surface area contributed by atoms with E-state index in [1.165, 1.54) is 42.9 Å². The maximum absolute atomic E-state index is 5.18. The predicted octanol–water partition coefficient (Wildman–Crippen LogP) is 3.50. The molecule has 3 atom stereocenters. The van der Waals surface area contributed by atoms with Crippen LogP contribution >= 0.6 is 12.2 Å². The van der Waals surface area contributed by atoms with Gasteiger partial charge in [0.15, 0.2) is 0 Å². The highest BCUT2D eigenvalue weighted by Crippen LogP contribution is 2.48. The van der Waals surface area contributed by atoms with E-state index < -0.39 is 0 Å². The molecule has 2 heterocycles. The molecule has 3 rings (SSSR count). The third-order valence-corrected chi connectivity index (χ3v) is 5.67. The molecule has 0 bridgehead atoms. The topological polar surface area (TPSA) is 18.5 Å². The Morgan fingerprint density at radius 1 is 1.45 bits per heavy atom. The Bertz CT molecular complexity index is 545. The molecule has 1 aromatic carbocycles. The van der Waals surface area contributed by atoms with Crippen LogP contribution in [0.5, 0.6) is 0 Å². The van der Waals surface area contributed by atoms with Gasteiger partial charge in [-0.15, -0.1) is 0 Å². The van der Waals surface area contributed by atoms with E-state index >= 15 is 0 Å². The molecule has 1 N–H and O–H groups in total. The minimum Gasteiger partial charge on any atom is -0.386 e. The van der Waals surface area contributed by atoms with Gasteiger partial charge in [-0.1, -0.05) is 31.3 Å².